The van der Waals surface area contributed by atoms with E-state index in [1.807, 2.05) is 0 Å². The highest BCUT2D eigenvalue weighted by Gasteiger charge is 2.22. The Bertz CT molecular complexity index is 341. The van der Waals surface area contributed by atoms with Crippen LogP contribution in [0.15, 0.2) is 24.3 Å². The van der Waals surface area contributed by atoms with Crippen LogP contribution in [-0.4, -0.2) is 13.2 Å². The Balaban J connectivity index is 1.95. The van der Waals surface area contributed by atoms with Crippen molar-refractivity contribution in [2.75, 3.05) is 13.2 Å². The van der Waals surface area contributed by atoms with Crippen molar-refractivity contribution in [3.63, 3.8) is 0 Å². The first kappa shape index (κ1) is 14.1. The van der Waals surface area contributed by atoms with Crippen LogP contribution in [0.1, 0.15) is 48.6 Å². The molecule has 1 unspecified atom stereocenters. The average Bonchev–Trinajstić information content (AvgIpc) is 2.46. The van der Waals surface area contributed by atoms with Crippen molar-refractivity contribution in [2.24, 2.45) is 5.92 Å². The molecule has 0 bridgehead atoms. The van der Waals surface area contributed by atoms with Crippen LogP contribution in [0.4, 0.5) is 0 Å². The fraction of sp³-hybridized carbons (Fsp3) is 0.625. The van der Waals surface area contributed by atoms with Crippen LogP contribution in [0.25, 0.3) is 0 Å². The Kier molecular flexibility index (Phi) is 5.71. The summed E-state index contributed by atoms with van der Waals surface area (Å²) in [6.07, 6.45) is 6.12. The summed E-state index contributed by atoms with van der Waals surface area (Å²) < 4.78 is 5.43. The van der Waals surface area contributed by atoms with Gasteiger partial charge in [0.2, 0.25) is 0 Å². The second kappa shape index (κ2) is 7.30. The highest BCUT2D eigenvalue weighted by Crippen LogP contribution is 2.36. The Hall–Kier alpha value is -0.340. The van der Waals surface area contributed by atoms with Crippen molar-refractivity contribution >= 4 is 15.9 Å². The van der Waals surface area contributed by atoms with Gasteiger partial charge in [-0.1, -0.05) is 53.5 Å². The zero-order valence-corrected chi connectivity index (χ0v) is 12.8. The molecule has 0 spiro atoms. The molecular weight excluding hydrogens is 288 g/mol. The molecule has 18 heavy (non-hydrogen) atoms. The van der Waals surface area contributed by atoms with Crippen LogP contribution in [-0.2, 0) is 11.2 Å². The quantitative estimate of drug-likeness (QED) is 0.703. The van der Waals surface area contributed by atoms with Gasteiger partial charge in [0.15, 0.2) is 0 Å². The highest BCUT2D eigenvalue weighted by molar-refractivity contribution is 9.09. The molecule has 0 N–H and O–H groups in total. The minimum atomic E-state index is 0.488. The van der Waals surface area contributed by atoms with Gasteiger partial charge in [-0.15, -0.1) is 0 Å². The number of rotatable bonds is 5. The van der Waals surface area contributed by atoms with Crippen molar-refractivity contribution in [1.29, 1.82) is 0 Å². The first-order chi connectivity index (χ1) is 8.81. The fourth-order valence-electron chi connectivity index (χ4n) is 2.53. The molecule has 1 nitrogen and oxygen atoms in total. The van der Waals surface area contributed by atoms with Gasteiger partial charge >= 0.3 is 0 Å². The van der Waals surface area contributed by atoms with E-state index in [9.17, 15) is 0 Å². The largest absolute Gasteiger partial charge is 0.381 e. The van der Waals surface area contributed by atoms with Gasteiger partial charge in [0, 0.05) is 18.0 Å². The summed E-state index contributed by atoms with van der Waals surface area (Å²) in [6.45, 7) is 4.08. The van der Waals surface area contributed by atoms with E-state index >= 15 is 0 Å². The summed E-state index contributed by atoms with van der Waals surface area (Å²) >= 11 is 3.87. The van der Waals surface area contributed by atoms with Crippen LogP contribution < -0.4 is 0 Å². The second-order valence-corrected chi connectivity index (χ2v) is 6.18. The summed E-state index contributed by atoms with van der Waals surface area (Å²) in [7, 11) is 0. The van der Waals surface area contributed by atoms with Crippen LogP contribution in [0.2, 0.25) is 0 Å². The molecule has 1 aromatic rings. The lowest BCUT2D eigenvalue weighted by molar-refractivity contribution is 0.0662. The highest BCUT2D eigenvalue weighted by atomic mass is 79.9. The van der Waals surface area contributed by atoms with E-state index in [0.29, 0.717) is 4.83 Å². The number of aryl methyl sites for hydroxylation is 1. The number of hydrogen-bond donors (Lipinski definition) is 0. The maximum Gasteiger partial charge on any atom is 0.0469 e. The Morgan fingerprint density at radius 1 is 1.22 bits per heavy atom. The number of hydrogen-bond acceptors (Lipinski definition) is 1. The molecule has 100 valence electrons. The normalized spacial score (nSPS) is 18.8. The molecule has 0 saturated carbocycles. The zero-order valence-electron chi connectivity index (χ0n) is 11.2. The maximum atomic E-state index is 5.43. The predicted molar refractivity (Wildman–Crippen MR) is 80.3 cm³/mol. The van der Waals surface area contributed by atoms with Crippen molar-refractivity contribution < 1.29 is 4.74 Å². The third kappa shape index (κ3) is 3.83. The summed E-state index contributed by atoms with van der Waals surface area (Å²) in [5.41, 5.74) is 2.88. The summed E-state index contributed by atoms with van der Waals surface area (Å²) in [5, 5.41) is 0. The summed E-state index contributed by atoms with van der Waals surface area (Å²) in [4.78, 5) is 0.488. The maximum absolute atomic E-state index is 5.43. The van der Waals surface area contributed by atoms with Gasteiger partial charge < -0.3 is 4.74 Å². The number of benzene rings is 1. The molecule has 0 aromatic heterocycles. The van der Waals surface area contributed by atoms with Gasteiger partial charge in [-0.2, -0.15) is 0 Å². The van der Waals surface area contributed by atoms with E-state index < -0.39 is 0 Å². The standard InChI is InChI=1S/C16H23BrO/c1-2-3-4-13-5-7-14(8-6-13)16(17)15-9-11-18-12-10-15/h5-8,15-16H,2-4,9-12H2,1H3. The van der Waals surface area contributed by atoms with Crippen LogP contribution >= 0.6 is 15.9 Å². The smallest absolute Gasteiger partial charge is 0.0469 e. The van der Waals surface area contributed by atoms with Gasteiger partial charge in [0.25, 0.3) is 0 Å². The van der Waals surface area contributed by atoms with E-state index in [1.54, 1.807) is 0 Å². The van der Waals surface area contributed by atoms with Gasteiger partial charge in [0.1, 0.15) is 0 Å². The SMILES string of the molecule is CCCCc1ccc(C(Br)C2CCOCC2)cc1. The van der Waals surface area contributed by atoms with E-state index in [1.165, 1.54) is 43.2 Å². The fourth-order valence-corrected chi connectivity index (χ4v) is 3.36. The van der Waals surface area contributed by atoms with E-state index in [4.69, 9.17) is 4.74 Å². The monoisotopic (exact) mass is 310 g/mol. The van der Waals surface area contributed by atoms with Gasteiger partial charge in [-0.3, -0.25) is 0 Å². The van der Waals surface area contributed by atoms with Gasteiger partial charge in [-0.05, 0) is 42.7 Å². The molecular formula is C16H23BrO. The number of unbranched alkanes of at least 4 members (excludes halogenated alkanes) is 1. The third-order valence-corrected chi connectivity index (χ3v) is 5.07. The first-order valence-electron chi connectivity index (χ1n) is 7.12. The minimum absolute atomic E-state index is 0.488. The molecule has 1 saturated heterocycles. The van der Waals surface area contributed by atoms with Crippen LogP contribution in [0.3, 0.4) is 0 Å². The Morgan fingerprint density at radius 3 is 2.50 bits per heavy atom. The van der Waals surface area contributed by atoms with Crippen LogP contribution in [0.5, 0.6) is 0 Å². The molecule has 0 aliphatic carbocycles. The molecule has 1 aliphatic heterocycles. The molecule has 1 fully saturated rings. The van der Waals surface area contributed by atoms with E-state index in [0.717, 1.165) is 19.1 Å². The molecule has 0 amide bonds. The molecule has 1 atom stereocenters. The second-order valence-electron chi connectivity index (χ2n) is 5.20. The predicted octanol–water partition coefficient (Wildman–Crippen LogP) is 4.89. The van der Waals surface area contributed by atoms with Crippen molar-refractivity contribution in [3.05, 3.63) is 35.4 Å². The Morgan fingerprint density at radius 2 is 1.89 bits per heavy atom. The van der Waals surface area contributed by atoms with Crippen LogP contribution in [0, 0.1) is 5.92 Å². The number of halogens is 1. The van der Waals surface area contributed by atoms with Crippen molar-refractivity contribution in [2.45, 2.75) is 43.9 Å². The number of alkyl halides is 1. The zero-order chi connectivity index (χ0) is 12.8. The van der Waals surface area contributed by atoms with E-state index in [-0.39, 0.29) is 0 Å². The lowest BCUT2D eigenvalue weighted by Crippen LogP contribution is -2.19. The molecule has 1 aromatic carbocycles. The minimum Gasteiger partial charge on any atom is -0.381 e. The van der Waals surface area contributed by atoms with Crippen molar-refractivity contribution in [3.8, 4) is 0 Å². The molecule has 1 aliphatic rings. The summed E-state index contributed by atoms with van der Waals surface area (Å²) in [6, 6.07) is 9.16. The topological polar surface area (TPSA) is 9.23 Å². The first-order valence-corrected chi connectivity index (χ1v) is 8.03. The van der Waals surface area contributed by atoms with Gasteiger partial charge in [0.05, 0.1) is 0 Å². The molecule has 1 heterocycles. The third-order valence-electron chi connectivity index (χ3n) is 3.80. The lowest BCUT2D eigenvalue weighted by Gasteiger charge is -2.26. The number of ether oxygens (including phenoxy) is 1. The Labute approximate surface area is 119 Å². The average molecular weight is 311 g/mol. The molecule has 2 rings (SSSR count). The molecule has 2 heteroatoms. The lowest BCUT2D eigenvalue weighted by atomic mass is 9.91. The van der Waals surface area contributed by atoms with Gasteiger partial charge in [-0.25, -0.2) is 0 Å². The molecule has 0 radical (unpaired) electrons. The summed E-state index contributed by atoms with van der Waals surface area (Å²) in [5.74, 6) is 0.722. The van der Waals surface area contributed by atoms with Crippen molar-refractivity contribution in [1.82, 2.24) is 0 Å². The van der Waals surface area contributed by atoms with E-state index in [2.05, 4.69) is 47.1 Å².